The summed E-state index contributed by atoms with van der Waals surface area (Å²) in [7, 11) is 0. The molecule has 0 aromatic carbocycles. The van der Waals surface area contributed by atoms with Gasteiger partial charge in [0.15, 0.2) is 5.78 Å². The van der Waals surface area contributed by atoms with Crippen LogP contribution in [0.5, 0.6) is 0 Å². The van der Waals surface area contributed by atoms with Crippen LogP contribution in [0.2, 0.25) is 0 Å². The van der Waals surface area contributed by atoms with Crippen molar-refractivity contribution in [3.05, 3.63) is 0 Å². The summed E-state index contributed by atoms with van der Waals surface area (Å²) in [5.41, 5.74) is -0.715. The number of likely N-dealkylation sites (tertiary alicyclic amines) is 1. The second-order valence-electron chi connectivity index (χ2n) is 7.37. The van der Waals surface area contributed by atoms with E-state index < -0.39 is 5.60 Å². The fraction of sp³-hybridized carbons (Fsp3) is 0.867. The van der Waals surface area contributed by atoms with Crippen LogP contribution in [0.25, 0.3) is 0 Å². The van der Waals surface area contributed by atoms with Gasteiger partial charge in [0, 0.05) is 12.5 Å². The molecule has 0 saturated carbocycles. The molecule has 0 unspecified atom stereocenters. The first-order chi connectivity index (χ1) is 8.46. The number of carbonyl (C=O) groups excluding carboxylic acids is 2. The highest BCUT2D eigenvalue weighted by Crippen LogP contribution is 2.38. The highest BCUT2D eigenvalue weighted by atomic mass is 16.6. The third-order valence-electron chi connectivity index (χ3n) is 3.52. The third-order valence-corrected chi connectivity index (χ3v) is 3.52. The first-order valence-electron chi connectivity index (χ1n) is 6.99. The van der Waals surface area contributed by atoms with Gasteiger partial charge in [-0.25, -0.2) is 4.79 Å². The molecular formula is C15H27NO3. The molecular weight excluding hydrogens is 242 g/mol. The van der Waals surface area contributed by atoms with Gasteiger partial charge in [-0.3, -0.25) is 9.69 Å². The lowest BCUT2D eigenvalue weighted by atomic mass is 9.80. The number of ketones is 1. The van der Waals surface area contributed by atoms with Crippen molar-refractivity contribution < 1.29 is 14.3 Å². The quantitative estimate of drug-likeness (QED) is 0.773. The summed E-state index contributed by atoms with van der Waals surface area (Å²) in [4.78, 5) is 26.2. The lowest BCUT2D eigenvalue weighted by Crippen LogP contribution is -2.49. The van der Waals surface area contributed by atoms with Gasteiger partial charge < -0.3 is 4.74 Å². The summed E-state index contributed by atoms with van der Waals surface area (Å²) in [5, 5.41) is 0. The summed E-state index contributed by atoms with van der Waals surface area (Å²) in [6.07, 6.45) is 0.451. The van der Waals surface area contributed by atoms with Crippen LogP contribution in [0.4, 0.5) is 4.79 Å². The fourth-order valence-corrected chi connectivity index (χ4v) is 2.47. The largest absolute Gasteiger partial charge is 0.444 e. The minimum absolute atomic E-state index is 0.0766. The second kappa shape index (κ2) is 5.14. The zero-order valence-corrected chi connectivity index (χ0v) is 13.2. The molecule has 1 saturated heterocycles. The average molecular weight is 269 g/mol. The van der Waals surface area contributed by atoms with E-state index in [9.17, 15) is 9.59 Å². The number of hydrogen-bond acceptors (Lipinski definition) is 3. The Morgan fingerprint density at radius 2 is 1.79 bits per heavy atom. The Hall–Kier alpha value is -1.06. The van der Waals surface area contributed by atoms with Gasteiger partial charge in [0.1, 0.15) is 5.60 Å². The Morgan fingerprint density at radius 3 is 2.21 bits per heavy atom. The van der Waals surface area contributed by atoms with Crippen molar-refractivity contribution in [1.29, 1.82) is 0 Å². The van der Waals surface area contributed by atoms with Gasteiger partial charge in [-0.15, -0.1) is 0 Å². The SMILES string of the molecule is CC(C)C(=O)[C@@H]1N(C(=O)OC(C)(C)C)CCC1(C)C. The van der Waals surface area contributed by atoms with E-state index in [1.165, 1.54) is 0 Å². The molecule has 0 bridgehead atoms. The predicted molar refractivity (Wildman–Crippen MR) is 75.0 cm³/mol. The van der Waals surface area contributed by atoms with Gasteiger partial charge in [0.25, 0.3) is 0 Å². The van der Waals surface area contributed by atoms with E-state index in [1.807, 2.05) is 48.5 Å². The van der Waals surface area contributed by atoms with E-state index in [0.717, 1.165) is 6.42 Å². The molecule has 1 heterocycles. The van der Waals surface area contributed by atoms with Crippen molar-refractivity contribution >= 4 is 11.9 Å². The van der Waals surface area contributed by atoms with Crippen molar-refractivity contribution in [2.75, 3.05) is 6.54 Å². The number of nitrogens with zero attached hydrogens (tertiary/aromatic N) is 1. The Labute approximate surface area is 116 Å². The number of amides is 1. The van der Waals surface area contributed by atoms with Crippen molar-refractivity contribution in [2.24, 2.45) is 11.3 Å². The molecule has 0 aromatic heterocycles. The Kier molecular flexibility index (Phi) is 4.33. The Balaban J connectivity index is 2.94. The molecule has 1 atom stereocenters. The topological polar surface area (TPSA) is 46.6 Å². The molecule has 0 radical (unpaired) electrons. The minimum Gasteiger partial charge on any atom is -0.444 e. The molecule has 1 fully saturated rings. The molecule has 0 spiro atoms. The van der Waals surface area contributed by atoms with Crippen LogP contribution in [-0.4, -0.2) is 35.0 Å². The molecule has 0 N–H and O–H groups in total. The molecule has 0 aliphatic carbocycles. The lowest BCUT2D eigenvalue weighted by molar-refractivity contribution is -0.128. The Bertz CT molecular complexity index is 366. The van der Waals surface area contributed by atoms with Crippen molar-refractivity contribution in [3.8, 4) is 0 Å². The summed E-state index contributed by atoms with van der Waals surface area (Å²) in [6, 6.07) is -0.373. The van der Waals surface area contributed by atoms with E-state index in [1.54, 1.807) is 4.90 Å². The van der Waals surface area contributed by atoms with Gasteiger partial charge in [0.05, 0.1) is 6.04 Å². The average Bonchev–Trinajstić information content (AvgIpc) is 2.50. The first kappa shape index (κ1) is 16.0. The van der Waals surface area contributed by atoms with Crippen LogP contribution in [0.15, 0.2) is 0 Å². The minimum atomic E-state index is -0.532. The summed E-state index contributed by atoms with van der Waals surface area (Å²) >= 11 is 0. The van der Waals surface area contributed by atoms with Gasteiger partial charge in [-0.2, -0.15) is 0 Å². The lowest BCUT2D eigenvalue weighted by Gasteiger charge is -2.33. The first-order valence-corrected chi connectivity index (χ1v) is 6.99. The van der Waals surface area contributed by atoms with E-state index in [2.05, 4.69) is 0 Å². The molecule has 4 nitrogen and oxygen atoms in total. The second-order valence-corrected chi connectivity index (χ2v) is 7.37. The van der Waals surface area contributed by atoms with Crippen molar-refractivity contribution in [3.63, 3.8) is 0 Å². The summed E-state index contributed by atoms with van der Waals surface area (Å²) in [6.45, 7) is 14.0. The standard InChI is InChI=1S/C15H27NO3/c1-10(2)11(17)12-15(6,7)8-9-16(12)13(18)19-14(3,4)5/h10,12H,8-9H2,1-7H3/t12-/m0/s1. The van der Waals surface area contributed by atoms with Crippen LogP contribution in [0.3, 0.4) is 0 Å². The predicted octanol–water partition coefficient (Wildman–Crippen LogP) is 3.25. The maximum atomic E-state index is 12.4. The van der Waals surface area contributed by atoms with Crippen molar-refractivity contribution in [1.82, 2.24) is 4.90 Å². The molecule has 1 rings (SSSR count). The number of ether oxygens (including phenoxy) is 1. The maximum absolute atomic E-state index is 12.4. The fourth-order valence-electron chi connectivity index (χ4n) is 2.47. The van der Waals surface area contributed by atoms with Crippen LogP contribution in [0.1, 0.15) is 54.9 Å². The number of carbonyl (C=O) groups is 2. The van der Waals surface area contributed by atoms with Crippen LogP contribution < -0.4 is 0 Å². The van der Waals surface area contributed by atoms with Gasteiger partial charge >= 0.3 is 6.09 Å². The summed E-state index contributed by atoms with van der Waals surface area (Å²) < 4.78 is 5.41. The maximum Gasteiger partial charge on any atom is 0.410 e. The van der Waals surface area contributed by atoms with Gasteiger partial charge in [-0.05, 0) is 32.6 Å². The zero-order chi connectivity index (χ0) is 15.0. The smallest absolute Gasteiger partial charge is 0.410 e. The van der Waals surface area contributed by atoms with E-state index in [4.69, 9.17) is 4.74 Å². The van der Waals surface area contributed by atoms with Gasteiger partial charge in [-0.1, -0.05) is 27.7 Å². The number of Topliss-reactive ketones (excluding diaryl/α,β-unsaturated/α-hetero) is 1. The zero-order valence-electron chi connectivity index (χ0n) is 13.2. The van der Waals surface area contributed by atoms with Crippen LogP contribution >= 0.6 is 0 Å². The molecule has 1 aliphatic rings. The highest BCUT2D eigenvalue weighted by molar-refractivity contribution is 5.90. The van der Waals surface area contributed by atoms with E-state index in [-0.39, 0.29) is 29.3 Å². The molecule has 110 valence electrons. The summed E-state index contributed by atoms with van der Waals surface area (Å²) in [5.74, 6) is 0.0423. The highest BCUT2D eigenvalue weighted by Gasteiger charge is 2.48. The molecule has 1 amide bonds. The Morgan fingerprint density at radius 1 is 1.26 bits per heavy atom. The molecule has 1 aliphatic heterocycles. The van der Waals surface area contributed by atoms with E-state index in [0.29, 0.717) is 6.54 Å². The molecule has 0 aromatic rings. The molecule has 19 heavy (non-hydrogen) atoms. The van der Waals surface area contributed by atoms with E-state index >= 15 is 0 Å². The monoisotopic (exact) mass is 269 g/mol. The van der Waals surface area contributed by atoms with Gasteiger partial charge in [0.2, 0.25) is 0 Å². The van der Waals surface area contributed by atoms with Crippen molar-refractivity contribution in [2.45, 2.75) is 66.5 Å². The third kappa shape index (κ3) is 3.71. The number of hydrogen-bond donors (Lipinski definition) is 0. The number of rotatable bonds is 2. The van der Waals surface area contributed by atoms with Crippen LogP contribution in [-0.2, 0) is 9.53 Å². The molecule has 4 heteroatoms. The van der Waals surface area contributed by atoms with Crippen LogP contribution in [0, 0.1) is 11.3 Å². The normalized spacial score (nSPS) is 22.7.